The minimum atomic E-state index is -4.51. The molecule has 256 valence electrons. The first kappa shape index (κ1) is 33.6. The summed E-state index contributed by atoms with van der Waals surface area (Å²) in [6.07, 6.45) is -1.34. The number of sulfonamides is 1. The SMILES string of the molecule is O=C1CCC(Nc2ccc(N3CCN(Cc4cccc(S(=O)(=O)N5CCC(Nc6ncc(C(F)(F)F)cn6)CC5)c4)CC3)cc2)C(=O)N1. The third-order valence-electron chi connectivity index (χ3n) is 8.89. The van der Waals surface area contributed by atoms with Gasteiger partial charge in [0.05, 0.1) is 10.5 Å². The van der Waals surface area contributed by atoms with Crippen molar-refractivity contribution in [2.24, 2.45) is 0 Å². The number of piperazine rings is 1. The van der Waals surface area contributed by atoms with E-state index >= 15 is 0 Å². The Kier molecular flexibility index (Phi) is 9.85. The van der Waals surface area contributed by atoms with E-state index in [1.165, 1.54) is 4.31 Å². The minimum absolute atomic E-state index is 0.0788. The van der Waals surface area contributed by atoms with Crippen molar-refractivity contribution < 1.29 is 31.2 Å². The van der Waals surface area contributed by atoms with Gasteiger partial charge in [0.15, 0.2) is 0 Å². The summed E-state index contributed by atoms with van der Waals surface area (Å²) >= 11 is 0. The molecule has 2 aromatic carbocycles. The van der Waals surface area contributed by atoms with Crippen molar-refractivity contribution in [2.75, 3.05) is 54.8 Å². The number of halogens is 3. The van der Waals surface area contributed by atoms with Gasteiger partial charge in [-0.25, -0.2) is 18.4 Å². The number of hydrogen-bond donors (Lipinski definition) is 3. The molecule has 0 bridgehead atoms. The highest BCUT2D eigenvalue weighted by Gasteiger charge is 2.33. The molecule has 1 unspecified atom stereocenters. The Hall–Kier alpha value is -4.28. The zero-order valence-corrected chi connectivity index (χ0v) is 26.9. The Morgan fingerprint density at radius 2 is 1.56 bits per heavy atom. The van der Waals surface area contributed by atoms with Gasteiger partial charge in [-0.3, -0.25) is 19.8 Å². The fourth-order valence-corrected chi connectivity index (χ4v) is 7.69. The van der Waals surface area contributed by atoms with Gasteiger partial charge in [-0.05, 0) is 61.2 Å². The largest absolute Gasteiger partial charge is 0.419 e. The van der Waals surface area contributed by atoms with Crippen LogP contribution in [0.3, 0.4) is 0 Å². The topological polar surface area (TPSA) is 140 Å². The van der Waals surface area contributed by atoms with Gasteiger partial charge in [-0.15, -0.1) is 0 Å². The van der Waals surface area contributed by atoms with Gasteiger partial charge < -0.3 is 15.5 Å². The maximum Gasteiger partial charge on any atom is 0.419 e. The molecule has 12 nitrogen and oxygen atoms in total. The molecule has 2 amide bonds. The minimum Gasteiger partial charge on any atom is -0.374 e. The molecule has 3 aliphatic heterocycles. The fourth-order valence-electron chi connectivity index (χ4n) is 6.15. The molecule has 0 radical (unpaired) electrons. The lowest BCUT2D eigenvalue weighted by molar-refractivity contribution is -0.138. The summed E-state index contributed by atoms with van der Waals surface area (Å²) in [6, 6.07) is 14.3. The van der Waals surface area contributed by atoms with Crippen LogP contribution in [0.15, 0.2) is 65.8 Å². The van der Waals surface area contributed by atoms with Crippen LogP contribution >= 0.6 is 0 Å². The van der Waals surface area contributed by atoms with E-state index in [1.807, 2.05) is 30.3 Å². The monoisotopic (exact) mass is 686 g/mol. The number of imide groups is 1. The highest BCUT2D eigenvalue weighted by atomic mass is 32.2. The number of anilines is 3. The van der Waals surface area contributed by atoms with E-state index in [2.05, 4.69) is 35.7 Å². The van der Waals surface area contributed by atoms with E-state index in [9.17, 15) is 31.2 Å². The summed E-state index contributed by atoms with van der Waals surface area (Å²) in [6.45, 7) is 4.36. The molecule has 1 atom stereocenters. The molecule has 4 heterocycles. The fraction of sp³-hybridized carbons (Fsp3) is 0.438. The molecular formula is C32H37F3N8O4S. The summed E-state index contributed by atoms with van der Waals surface area (Å²) in [4.78, 5) is 35.8. The van der Waals surface area contributed by atoms with Gasteiger partial charge in [0.25, 0.3) is 0 Å². The number of carbonyl (C=O) groups is 2. The lowest BCUT2D eigenvalue weighted by Gasteiger charge is -2.36. The summed E-state index contributed by atoms with van der Waals surface area (Å²) in [5.41, 5.74) is 1.87. The number of alkyl halides is 3. The summed E-state index contributed by atoms with van der Waals surface area (Å²) in [5, 5.41) is 8.57. The van der Waals surface area contributed by atoms with E-state index in [0.717, 1.165) is 55.5 Å². The second-order valence-corrected chi connectivity index (χ2v) is 14.2. The van der Waals surface area contributed by atoms with Gasteiger partial charge >= 0.3 is 6.18 Å². The Morgan fingerprint density at radius 3 is 2.21 bits per heavy atom. The third kappa shape index (κ3) is 8.05. The molecule has 6 rings (SSSR count). The quantitative estimate of drug-likeness (QED) is 0.288. The molecule has 16 heteroatoms. The molecule has 0 aliphatic carbocycles. The first-order valence-corrected chi connectivity index (χ1v) is 17.3. The lowest BCUT2D eigenvalue weighted by atomic mass is 10.1. The van der Waals surface area contributed by atoms with Crippen LogP contribution in [0.25, 0.3) is 0 Å². The Morgan fingerprint density at radius 1 is 0.875 bits per heavy atom. The van der Waals surface area contributed by atoms with Gasteiger partial charge in [0, 0.05) is 82.0 Å². The second kappa shape index (κ2) is 14.1. The van der Waals surface area contributed by atoms with Crippen molar-refractivity contribution in [1.29, 1.82) is 0 Å². The van der Waals surface area contributed by atoms with E-state index in [0.29, 0.717) is 32.2 Å². The number of hydrogen-bond acceptors (Lipinski definition) is 10. The van der Waals surface area contributed by atoms with Crippen LogP contribution in [0, 0.1) is 0 Å². The molecule has 48 heavy (non-hydrogen) atoms. The van der Waals surface area contributed by atoms with Crippen LogP contribution in [0.1, 0.15) is 36.8 Å². The molecule has 1 aromatic heterocycles. The van der Waals surface area contributed by atoms with Gasteiger partial charge in [-0.1, -0.05) is 12.1 Å². The molecule has 0 spiro atoms. The number of carbonyl (C=O) groups excluding carboxylic acids is 2. The van der Waals surface area contributed by atoms with Crippen molar-refractivity contribution in [1.82, 2.24) is 24.5 Å². The predicted octanol–water partition coefficient (Wildman–Crippen LogP) is 3.30. The van der Waals surface area contributed by atoms with Crippen molar-refractivity contribution >= 4 is 39.2 Å². The Bertz CT molecular complexity index is 1710. The molecule has 0 saturated carbocycles. The molecular weight excluding hydrogens is 649 g/mol. The van der Waals surface area contributed by atoms with Crippen molar-refractivity contribution in [2.45, 2.75) is 55.4 Å². The zero-order chi connectivity index (χ0) is 33.9. The average molecular weight is 687 g/mol. The van der Waals surface area contributed by atoms with Gasteiger partial charge in [-0.2, -0.15) is 17.5 Å². The molecule has 3 aromatic rings. The number of nitrogens with zero attached hydrogens (tertiary/aromatic N) is 5. The van der Waals surface area contributed by atoms with E-state index in [1.54, 1.807) is 18.2 Å². The number of benzene rings is 2. The summed E-state index contributed by atoms with van der Waals surface area (Å²) in [5.74, 6) is -0.470. The van der Waals surface area contributed by atoms with Crippen LogP contribution in [0.4, 0.5) is 30.5 Å². The van der Waals surface area contributed by atoms with E-state index in [4.69, 9.17) is 0 Å². The first-order valence-electron chi connectivity index (χ1n) is 15.9. The predicted molar refractivity (Wildman–Crippen MR) is 173 cm³/mol. The van der Waals surface area contributed by atoms with E-state index < -0.39 is 27.8 Å². The van der Waals surface area contributed by atoms with Crippen molar-refractivity contribution in [3.63, 3.8) is 0 Å². The second-order valence-electron chi connectivity index (χ2n) is 12.2. The van der Waals surface area contributed by atoms with Gasteiger partial charge in [0.2, 0.25) is 27.8 Å². The Labute approximate surface area is 276 Å². The number of nitrogens with one attached hydrogen (secondary N) is 3. The van der Waals surface area contributed by atoms with Crippen LogP contribution in [-0.2, 0) is 32.3 Å². The maximum atomic E-state index is 13.5. The molecule has 3 fully saturated rings. The first-order chi connectivity index (χ1) is 22.9. The normalized spacial score (nSPS) is 20.4. The van der Waals surface area contributed by atoms with Crippen LogP contribution in [0.5, 0.6) is 0 Å². The van der Waals surface area contributed by atoms with Crippen LogP contribution in [0.2, 0.25) is 0 Å². The standard InChI is InChI=1S/C32H37F3N8O4S/c33-32(34,35)23-19-36-31(37-20-23)39-25-10-12-43(13-11-25)48(46,47)27-3-1-2-22(18-27)21-41-14-16-42(17-15-41)26-6-4-24(5-7-26)38-28-8-9-29(44)40-30(28)45/h1-7,18-20,25,28,38H,8-17,21H2,(H,36,37,39)(H,40,44,45). The lowest BCUT2D eigenvalue weighted by Crippen LogP contribution is -2.47. The molecule has 3 aliphatic rings. The van der Waals surface area contributed by atoms with Crippen LogP contribution < -0.4 is 20.9 Å². The van der Waals surface area contributed by atoms with Crippen molar-refractivity contribution in [3.8, 4) is 0 Å². The highest BCUT2D eigenvalue weighted by molar-refractivity contribution is 7.89. The number of aromatic nitrogens is 2. The number of rotatable bonds is 9. The highest BCUT2D eigenvalue weighted by Crippen LogP contribution is 2.29. The Balaban J connectivity index is 0.973. The summed E-state index contributed by atoms with van der Waals surface area (Å²) in [7, 11) is -3.73. The number of amides is 2. The van der Waals surface area contributed by atoms with Crippen LogP contribution in [-0.4, -0.2) is 90.8 Å². The molecule has 3 N–H and O–H groups in total. The van der Waals surface area contributed by atoms with Gasteiger partial charge in [0.1, 0.15) is 6.04 Å². The maximum absolute atomic E-state index is 13.5. The average Bonchev–Trinajstić information content (AvgIpc) is 3.07. The molecule has 3 saturated heterocycles. The number of piperidine rings is 2. The zero-order valence-electron chi connectivity index (χ0n) is 26.1. The third-order valence-corrected chi connectivity index (χ3v) is 10.8. The summed E-state index contributed by atoms with van der Waals surface area (Å²) < 4.78 is 66.8. The van der Waals surface area contributed by atoms with Crippen molar-refractivity contribution in [3.05, 3.63) is 72.1 Å². The van der Waals surface area contributed by atoms with E-state index in [-0.39, 0.29) is 41.8 Å². The smallest absolute Gasteiger partial charge is 0.374 e.